The highest BCUT2D eigenvalue weighted by Gasteiger charge is 2.42. The second-order valence-electron chi connectivity index (χ2n) is 7.71. The van der Waals surface area contributed by atoms with Crippen LogP contribution in [0.2, 0.25) is 0 Å². The molecule has 0 aliphatic rings. The lowest BCUT2D eigenvalue weighted by Crippen LogP contribution is -2.40. The van der Waals surface area contributed by atoms with Crippen LogP contribution in [0.5, 0.6) is 11.8 Å². The van der Waals surface area contributed by atoms with Crippen LogP contribution < -0.4 is 26.5 Å². The normalized spacial score (nSPS) is 11.9. The highest BCUT2D eigenvalue weighted by molar-refractivity contribution is 5.94. The number of hydrazine groups is 1. The molecule has 0 aliphatic carbocycles. The minimum absolute atomic E-state index is 0.0754. The molecule has 4 aromatic rings. The third-order valence-corrected chi connectivity index (χ3v) is 4.93. The van der Waals surface area contributed by atoms with Gasteiger partial charge in [-0.2, -0.15) is 13.8 Å². The fourth-order valence-corrected chi connectivity index (χ4v) is 3.32. The molecule has 2 aromatic carbocycles. The second-order valence-corrected chi connectivity index (χ2v) is 7.71. The SMILES string of the molecule is CN(N)/C(=N\N)n1c(OCc2cccc(NC(=O)C(F)(F)Oc3ccccc3)n2)nc2c(F)cc(F)cc21. The van der Waals surface area contributed by atoms with Gasteiger partial charge in [0.25, 0.3) is 0 Å². The number of carbonyl (C=O) groups excluding carboxylic acids is 1. The van der Waals surface area contributed by atoms with Gasteiger partial charge in [0.1, 0.15) is 29.5 Å². The van der Waals surface area contributed by atoms with Gasteiger partial charge in [0.2, 0.25) is 5.96 Å². The number of halogens is 4. The Bertz CT molecular complexity index is 1500. The van der Waals surface area contributed by atoms with Crippen LogP contribution in [0.25, 0.3) is 11.0 Å². The van der Waals surface area contributed by atoms with Crippen molar-refractivity contribution < 1.29 is 31.8 Å². The summed E-state index contributed by atoms with van der Waals surface area (Å²) in [4.78, 5) is 20.2. The first kappa shape index (κ1) is 26.2. The van der Waals surface area contributed by atoms with E-state index in [1.165, 1.54) is 49.5 Å². The van der Waals surface area contributed by atoms with Crippen molar-refractivity contribution >= 4 is 28.7 Å². The molecule has 0 unspecified atom stereocenters. The van der Waals surface area contributed by atoms with Crippen LogP contribution in [0.4, 0.5) is 23.4 Å². The molecule has 38 heavy (non-hydrogen) atoms. The number of ether oxygens (including phenoxy) is 2. The Kier molecular flexibility index (Phi) is 7.29. The number of alkyl halides is 2. The minimum atomic E-state index is -4.19. The number of imidazole rings is 1. The summed E-state index contributed by atoms with van der Waals surface area (Å²) in [7, 11) is 1.38. The lowest BCUT2D eigenvalue weighted by atomic mass is 10.3. The van der Waals surface area contributed by atoms with Crippen LogP contribution in [-0.2, 0) is 11.4 Å². The maximum atomic E-state index is 14.4. The number of benzene rings is 2. The number of nitrogens with zero attached hydrogens (tertiary/aromatic N) is 5. The lowest BCUT2D eigenvalue weighted by molar-refractivity contribution is -0.187. The van der Waals surface area contributed by atoms with Crippen molar-refractivity contribution in [3.05, 3.63) is 78.0 Å². The van der Waals surface area contributed by atoms with E-state index in [1.807, 2.05) is 5.32 Å². The number of nitrogens with one attached hydrogen (secondary N) is 1. The van der Waals surface area contributed by atoms with Crippen molar-refractivity contribution in [2.45, 2.75) is 12.7 Å². The number of rotatable bonds is 7. The summed E-state index contributed by atoms with van der Waals surface area (Å²) in [5.74, 6) is 6.94. The predicted molar refractivity (Wildman–Crippen MR) is 128 cm³/mol. The molecule has 2 heterocycles. The highest BCUT2D eigenvalue weighted by Crippen LogP contribution is 2.26. The number of pyridine rings is 1. The van der Waals surface area contributed by atoms with Crippen LogP contribution in [0.1, 0.15) is 5.69 Å². The molecule has 11 nitrogen and oxygen atoms in total. The van der Waals surface area contributed by atoms with Crippen LogP contribution >= 0.6 is 0 Å². The molecule has 0 aliphatic heterocycles. The van der Waals surface area contributed by atoms with E-state index in [1.54, 1.807) is 6.07 Å². The van der Waals surface area contributed by atoms with Crippen LogP contribution in [0, 0.1) is 11.6 Å². The van der Waals surface area contributed by atoms with E-state index in [0.717, 1.165) is 15.6 Å². The fraction of sp³-hybridized carbons (Fsp3) is 0.130. The largest absolute Gasteiger partial charge is 0.482 e. The zero-order valence-corrected chi connectivity index (χ0v) is 19.6. The number of nitrogens with two attached hydrogens (primary N) is 2. The Balaban J connectivity index is 1.54. The standard InChI is InChI=1S/C23H20F4N8O3/c1-34(29)21(33-28)35-17-11-13(24)10-16(25)19(17)32-22(35)37-12-14-6-5-9-18(30-14)31-20(36)23(26,27)38-15-7-3-2-4-8-15/h2-11H,12,28-29H2,1H3,(H,30,31,36)/b33-21+. The Hall–Kier alpha value is -4.92. The Labute approximate surface area is 212 Å². The smallest absolute Gasteiger partial charge is 0.458 e. The quantitative estimate of drug-likeness (QED) is 0.108. The summed E-state index contributed by atoms with van der Waals surface area (Å²) < 4.78 is 68.0. The number of carbonyl (C=O) groups is 1. The summed E-state index contributed by atoms with van der Waals surface area (Å²) in [5, 5.41) is 6.48. The zero-order chi connectivity index (χ0) is 27.4. The molecule has 4 rings (SSSR count). The lowest BCUT2D eigenvalue weighted by Gasteiger charge is -2.18. The van der Waals surface area contributed by atoms with E-state index < -0.39 is 23.7 Å². The molecule has 0 spiro atoms. The molecule has 0 atom stereocenters. The molecular formula is C23H20F4N8O3. The van der Waals surface area contributed by atoms with Gasteiger partial charge in [-0.25, -0.2) is 24.2 Å². The van der Waals surface area contributed by atoms with Crippen LogP contribution in [-0.4, -0.2) is 44.6 Å². The summed E-state index contributed by atoms with van der Waals surface area (Å²) in [6.07, 6.45) is -4.19. The van der Waals surface area contributed by atoms with Crippen molar-refractivity contribution in [1.82, 2.24) is 19.5 Å². The summed E-state index contributed by atoms with van der Waals surface area (Å²) in [5.41, 5.74) is -0.166. The number of hydrazone groups is 1. The summed E-state index contributed by atoms with van der Waals surface area (Å²) in [6.45, 7) is -0.333. The number of anilines is 1. The first-order chi connectivity index (χ1) is 18.1. The van der Waals surface area contributed by atoms with E-state index in [2.05, 4.69) is 19.8 Å². The molecule has 5 N–H and O–H groups in total. The highest BCUT2D eigenvalue weighted by atomic mass is 19.3. The molecular weight excluding hydrogens is 512 g/mol. The van der Waals surface area contributed by atoms with Gasteiger partial charge in [-0.15, -0.1) is 5.10 Å². The molecule has 0 saturated carbocycles. The van der Waals surface area contributed by atoms with E-state index in [0.29, 0.717) is 6.07 Å². The molecule has 15 heteroatoms. The average molecular weight is 532 g/mol. The first-order valence-corrected chi connectivity index (χ1v) is 10.8. The van der Waals surface area contributed by atoms with Gasteiger partial charge in [0.15, 0.2) is 5.82 Å². The van der Waals surface area contributed by atoms with Crippen molar-refractivity contribution in [2.24, 2.45) is 16.8 Å². The summed E-state index contributed by atoms with van der Waals surface area (Å²) in [6, 6.07) is 12.6. The number of para-hydroxylation sites is 1. The zero-order valence-electron chi connectivity index (χ0n) is 19.6. The molecule has 1 amide bonds. The number of amides is 1. The van der Waals surface area contributed by atoms with Crippen LogP contribution in [0.3, 0.4) is 0 Å². The second kappa shape index (κ2) is 10.6. The maximum Gasteiger partial charge on any atom is 0.482 e. The van der Waals surface area contributed by atoms with Gasteiger partial charge in [-0.1, -0.05) is 24.3 Å². The monoisotopic (exact) mass is 532 g/mol. The van der Waals surface area contributed by atoms with Gasteiger partial charge >= 0.3 is 18.0 Å². The van der Waals surface area contributed by atoms with Crippen LogP contribution in [0.15, 0.2) is 65.8 Å². The van der Waals surface area contributed by atoms with Gasteiger partial charge in [0.05, 0.1) is 11.2 Å². The van der Waals surface area contributed by atoms with E-state index in [-0.39, 0.29) is 46.9 Å². The number of hydrogen-bond acceptors (Lipinski definition) is 8. The van der Waals surface area contributed by atoms with Gasteiger partial charge in [-0.05, 0) is 24.3 Å². The van der Waals surface area contributed by atoms with E-state index in [4.69, 9.17) is 16.4 Å². The van der Waals surface area contributed by atoms with Gasteiger partial charge in [-0.3, -0.25) is 9.80 Å². The Morgan fingerprint density at radius 3 is 2.55 bits per heavy atom. The van der Waals surface area contributed by atoms with Crippen molar-refractivity contribution in [1.29, 1.82) is 0 Å². The molecule has 2 aromatic heterocycles. The fourth-order valence-electron chi connectivity index (χ4n) is 3.32. The third kappa shape index (κ3) is 5.57. The maximum absolute atomic E-state index is 14.4. The topological polar surface area (TPSA) is 146 Å². The number of aromatic nitrogens is 3. The first-order valence-electron chi connectivity index (χ1n) is 10.8. The Morgan fingerprint density at radius 1 is 1.13 bits per heavy atom. The van der Waals surface area contributed by atoms with Gasteiger partial charge in [0, 0.05) is 19.2 Å². The molecule has 0 fully saturated rings. The van der Waals surface area contributed by atoms with E-state index >= 15 is 0 Å². The molecule has 198 valence electrons. The van der Waals surface area contributed by atoms with Crippen molar-refractivity contribution in [3.63, 3.8) is 0 Å². The van der Waals surface area contributed by atoms with E-state index in [9.17, 15) is 22.4 Å². The van der Waals surface area contributed by atoms with Gasteiger partial charge < -0.3 is 20.6 Å². The third-order valence-electron chi connectivity index (χ3n) is 4.93. The Morgan fingerprint density at radius 2 is 1.87 bits per heavy atom. The number of fused-ring (bicyclic) bond motifs is 1. The average Bonchev–Trinajstić information content (AvgIpc) is 3.22. The van der Waals surface area contributed by atoms with Crippen molar-refractivity contribution in [3.8, 4) is 11.8 Å². The molecule has 0 radical (unpaired) electrons. The molecule has 0 bridgehead atoms. The predicted octanol–water partition coefficient (Wildman–Crippen LogP) is 2.78. The van der Waals surface area contributed by atoms with Crippen molar-refractivity contribution in [2.75, 3.05) is 12.4 Å². The number of hydrogen-bond donors (Lipinski definition) is 3. The minimum Gasteiger partial charge on any atom is -0.458 e. The molecule has 0 saturated heterocycles. The summed E-state index contributed by atoms with van der Waals surface area (Å²) >= 11 is 0.